The minimum Gasteiger partial charge on any atom is -0.478 e. The van der Waals surface area contributed by atoms with E-state index in [9.17, 15) is 19.8 Å². The van der Waals surface area contributed by atoms with E-state index in [1.165, 1.54) is 23.8 Å². The molecule has 0 fully saturated rings. The summed E-state index contributed by atoms with van der Waals surface area (Å²) in [5.41, 5.74) is 5.84. The van der Waals surface area contributed by atoms with Crippen LogP contribution >= 0.6 is 0 Å². The monoisotopic (exact) mass is 330 g/mol. The number of carbonyl (C=O) groups is 2. The molecule has 1 aliphatic carbocycles. The topological polar surface area (TPSA) is 74.6 Å². The third-order valence-corrected chi connectivity index (χ3v) is 4.64. The maximum absolute atomic E-state index is 11.6. The summed E-state index contributed by atoms with van der Waals surface area (Å²) < 4.78 is 0. The Morgan fingerprint density at radius 2 is 1.40 bits per heavy atom. The molecule has 1 aliphatic rings. The summed E-state index contributed by atoms with van der Waals surface area (Å²) in [5.74, 6) is -2.14. The summed E-state index contributed by atoms with van der Waals surface area (Å²) in [6.45, 7) is 0. The molecule has 0 heterocycles. The zero-order valence-electron chi connectivity index (χ0n) is 13.2. The third kappa shape index (κ3) is 2.39. The molecule has 0 atom stereocenters. The maximum Gasteiger partial charge on any atom is 0.336 e. The van der Waals surface area contributed by atoms with E-state index in [1.807, 2.05) is 30.3 Å². The van der Waals surface area contributed by atoms with Gasteiger partial charge in [-0.3, -0.25) is 0 Å². The van der Waals surface area contributed by atoms with Crippen molar-refractivity contribution in [1.82, 2.24) is 0 Å². The molecule has 4 heteroatoms. The van der Waals surface area contributed by atoms with Crippen LogP contribution in [0.5, 0.6) is 0 Å². The summed E-state index contributed by atoms with van der Waals surface area (Å²) >= 11 is 0. The Balaban J connectivity index is 1.97. The van der Waals surface area contributed by atoms with E-state index in [2.05, 4.69) is 12.1 Å². The Labute approximate surface area is 144 Å². The van der Waals surface area contributed by atoms with Gasteiger partial charge in [0.15, 0.2) is 0 Å². The third-order valence-electron chi connectivity index (χ3n) is 4.64. The average Bonchev–Trinajstić information content (AvgIpc) is 2.99. The maximum atomic E-state index is 11.6. The molecule has 25 heavy (non-hydrogen) atoms. The summed E-state index contributed by atoms with van der Waals surface area (Å²) in [7, 11) is 0. The van der Waals surface area contributed by atoms with Gasteiger partial charge in [-0.05, 0) is 58.0 Å². The SMILES string of the molecule is O=C(O)c1ccc(C(=O)O)c(-c2cccc3c2Cc2ccccc2-3)c1. The molecule has 0 amide bonds. The second kappa shape index (κ2) is 5.60. The van der Waals surface area contributed by atoms with Gasteiger partial charge >= 0.3 is 11.9 Å². The van der Waals surface area contributed by atoms with Gasteiger partial charge in [-0.1, -0.05) is 42.5 Å². The highest BCUT2D eigenvalue weighted by atomic mass is 16.4. The number of rotatable bonds is 3. The van der Waals surface area contributed by atoms with Crippen molar-refractivity contribution in [3.05, 3.63) is 82.9 Å². The molecule has 122 valence electrons. The Kier molecular flexibility index (Phi) is 3.39. The lowest BCUT2D eigenvalue weighted by molar-refractivity contribution is 0.0682. The quantitative estimate of drug-likeness (QED) is 0.586. The largest absolute Gasteiger partial charge is 0.478 e. The number of hydrogen-bond acceptors (Lipinski definition) is 2. The van der Waals surface area contributed by atoms with Crippen LogP contribution in [0.15, 0.2) is 60.7 Å². The van der Waals surface area contributed by atoms with E-state index in [-0.39, 0.29) is 11.1 Å². The highest BCUT2D eigenvalue weighted by Gasteiger charge is 2.23. The van der Waals surface area contributed by atoms with Gasteiger partial charge in [-0.25, -0.2) is 9.59 Å². The van der Waals surface area contributed by atoms with E-state index in [0.29, 0.717) is 12.0 Å². The number of carboxylic acid groups (broad SMARTS) is 2. The molecule has 4 rings (SSSR count). The van der Waals surface area contributed by atoms with Crippen molar-refractivity contribution in [3.63, 3.8) is 0 Å². The van der Waals surface area contributed by atoms with Crippen LogP contribution in [-0.4, -0.2) is 22.2 Å². The predicted molar refractivity (Wildman–Crippen MR) is 94.0 cm³/mol. The normalized spacial score (nSPS) is 11.7. The first-order valence-corrected chi connectivity index (χ1v) is 7.87. The second-order valence-electron chi connectivity index (χ2n) is 6.04. The van der Waals surface area contributed by atoms with Crippen LogP contribution in [0.2, 0.25) is 0 Å². The smallest absolute Gasteiger partial charge is 0.336 e. The van der Waals surface area contributed by atoms with Crippen LogP contribution in [-0.2, 0) is 6.42 Å². The molecule has 0 spiro atoms. The minimum absolute atomic E-state index is 0.0770. The van der Waals surface area contributed by atoms with Crippen LogP contribution in [0, 0.1) is 0 Å². The Bertz CT molecular complexity index is 1030. The first kappa shape index (κ1) is 15.1. The molecular weight excluding hydrogens is 316 g/mol. The predicted octanol–water partition coefficient (Wildman–Crippen LogP) is 4.32. The molecule has 0 aromatic heterocycles. The van der Waals surface area contributed by atoms with E-state index >= 15 is 0 Å². The van der Waals surface area contributed by atoms with Crippen molar-refractivity contribution in [2.75, 3.05) is 0 Å². The highest BCUT2D eigenvalue weighted by Crippen LogP contribution is 2.42. The number of hydrogen-bond donors (Lipinski definition) is 2. The van der Waals surface area contributed by atoms with Crippen molar-refractivity contribution in [2.24, 2.45) is 0 Å². The van der Waals surface area contributed by atoms with Crippen molar-refractivity contribution in [2.45, 2.75) is 6.42 Å². The van der Waals surface area contributed by atoms with Gasteiger partial charge in [0, 0.05) is 0 Å². The van der Waals surface area contributed by atoms with Gasteiger partial charge in [-0.2, -0.15) is 0 Å². The van der Waals surface area contributed by atoms with Gasteiger partial charge in [-0.15, -0.1) is 0 Å². The molecule has 0 bridgehead atoms. The number of fused-ring (bicyclic) bond motifs is 3. The number of benzene rings is 3. The fourth-order valence-corrected chi connectivity index (χ4v) is 3.50. The Morgan fingerprint density at radius 1 is 0.720 bits per heavy atom. The van der Waals surface area contributed by atoms with E-state index in [4.69, 9.17) is 0 Å². The molecule has 2 N–H and O–H groups in total. The number of aromatic carboxylic acids is 2. The summed E-state index contributed by atoms with van der Waals surface area (Å²) in [6.07, 6.45) is 0.706. The molecule has 0 aliphatic heterocycles. The molecule has 3 aromatic rings. The lowest BCUT2D eigenvalue weighted by Gasteiger charge is -2.12. The summed E-state index contributed by atoms with van der Waals surface area (Å²) in [5, 5.41) is 18.8. The van der Waals surface area contributed by atoms with Crippen molar-refractivity contribution >= 4 is 11.9 Å². The Morgan fingerprint density at radius 3 is 2.12 bits per heavy atom. The molecule has 3 aromatic carbocycles. The van der Waals surface area contributed by atoms with Gasteiger partial charge in [0.25, 0.3) is 0 Å². The van der Waals surface area contributed by atoms with E-state index < -0.39 is 11.9 Å². The molecular formula is C21H14O4. The van der Waals surface area contributed by atoms with Crippen molar-refractivity contribution in [3.8, 4) is 22.3 Å². The zero-order chi connectivity index (χ0) is 17.6. The standard InChI is InChI=1S/C21H14O4/c22-20(23)13-8-9-17(21(24)25)19(11-13)16-7-3-6-15-14-5-2-1-4-12(14)10-18(15)16/h1-9,11H,10H2,(H,22,23)(H,24,25). The minimum atomic E-state index is -1.07. The second-order valence-corrected chi connectivity index (χ2v) is 6.04. The van der Waals surface area contributed by atoms with Crippen LogP contribution in [0.1, 0.15) is 31.8 Å². The van der Waals surface area contributed by atoms with Gasteiger partial charge < -0.3 is 10.2 Å². The van der Waals surface area contributed by atoms with Gasteiger partial charge in [0.2, 0.25) is 0 Å². The Hall–Kier alpha value is -3.40. The lowest BCUT2D eigenvalue weighted by Crippen LogP contribution is -2.04. The fourth-order valence-electron chi connectivity index (χ4n) is 3.50. The van der Waals surface area contributed by atoms with Gasteiger partial charge in [0.1, 0.15) is 0 Å². The molecule has 0 unspecified atom stereocenters. The first-order valence-electron chi connectivity index (χ1n) is 7.87. The summed E-state index contributed by atoms with van der Waals surface area (Å²) in [6, 6.07) is 18.0. The van der Waals surface area contributed by atoms with Crippen molar-refractivity contribution in [1.29, 1.82) is 0 Å². The molecule has 0 saturated heterocycles. The lowest BCUT2D eigenvalue weighted by atomic mass is 9.91. The number of carboxylic acids is 2. The van der Waals surface area contributed by atoms with Crippen LogP contribution in [0.4, 0.5) is 0 Å². The molecule has 0 saturated carbocycles. The van der Waals surface area contributed by atoms with Crippen LogP contribution in [0.25, 0.3) is 22.3 Å². The first-order chi connectivity index (χ1) is 12.1. The van der Waals surface area contributed by atoms with Gasteiger partial charge in [0.05, 0.1) is 11.1 Å². The molecule has 4 nitrogen and oxygen atoms in total. The average molecular weight is 330 g/mol. The van der Waals surface area contributed by atoms with E-state index in [0.717, 1.165) is 22.3 Å². The fraction of sp³-hybridized carbons (Fsp3) is 0.0476. The summed E-state index contributed by atoms with van der Waals surface area (Å²) in [4.78, 5) is 23.0. The van der Waals surface area contributed by atoms with Crippen LogP contribution < -0.4 is 0 Å². The van der Waals surface area contributed by atoms with E-state index in [1.54, 1.807) is 0 Å². The molecule has 0 radical (unpaired) electrons. The van der Waals surface area contributed by atoms with Crippen LogP contribution in [0.3, 0.4) is 0 Å². The van der Waals surface area contributed by atoms with Crippen molar-refractivity contribution < 1.29 is 19.8 Å². The zero-order valence-corrected chi connectivity index (χ0v) is 13.2. The highest BCUT2D eigenvalue weighted by molar-refractivity contribution is 6.00.